The van der Waals surface area contributed by atoms with Gasteiger partial charge in [-0.3, -0.25) is 9.69 Å². The van der Waals surface area contributed by atoms with Gasteiger partial charge in [-0.2, -0.15) is 0 Å². The smallest absolute Gasteiger partial charge is 0.248 e. The van der Waals surface area contributed by atoms with E-state index in [1.165, 1.54) is 6.07 Å². The molecule has 31 heavy (non-hydrogen) atoms. The van der Waals surface area contributed by atoms with Crippen molar-refractivity contribution in [2.24, 2.45) is 5.92 Å². The van der Waals surface area contributed by atoms with Crippen molar-refractivity contribution in [1.29, 1.82) is 0 Å². The van der Waals surface area contributed by atoms with Crippen molar-refractivity contribution in [3.05, 3.63) is 65.5 Å². The van der Waals surface area contributed by atoms with Gasteiger partial charge in [-0.15, -0.1) is 0 Å². The van der Waals surface area contributed by atoms with Crippen molar-refractivity contribution in [3.63, 3.8) is 0 Å². The first-order chi connectivity index (χ1) is 14.9. The molecular formula is C25H33FN2O3. The third-order valence-electron chi connectivity index (χ3n) is 6.05. The summed E-state index contributed by atoms with van der Waals surface area (Å²) in [6.07, 6.45) is 0. The van der Waals surface area contributed by atoms with Gasteiger partial charge in [0, 0.05) is 50.8 Å². The summed E-state index contributed by atoms with van der Waals surface area (Å²) >= 11 is 0. The van der Waals surface area contributed by atoms with Crippen molar-refractivity contribution in [1.82, 2.24) is 9.80 Å². The number of ether oxygens (including phenoxy) is 2. The number of hydrogen-bond acceptors (Lipinski definition) is 4. The molecule has 0 aliphatic carbocycles. The summed E-state index contributed by atoms with van der Waals surface area (Å²) in [4.78, 5) is 16.8. The van der Waals surface area contributed by atoms with Crippen LogP contribution in [-0.4, -0.2) is 62.2 Å². The number of nitrogens with zero attached hydrogens (tertiary/aromatic N) is 2. The molecule has 0 saturated carbocycles. The molecule has 1 aliphatic rings. The quantitative estimate of drug-likeness (QED) is 0.607. The summed E-state index contributed by atoms with van der Waals surface area (Å²) in [6, 6.07) is 15.0. The zero-order valence-corrected chi connectivity index (χ0v) is 18.9. The zero-order chi connectivity index (χ0) is 22.4. The Kier molecular flexibility index (Phi) is 8.04. The van der Waals surface area contributed by atoms with Gasteiger partial charge in [-0.25, -0.2) is 4.39 Å². The van der Waals surface area contributed by atoms with Crippen molar-refractivity contribution in [3.8, 4) is 5.75 Å². The van der Waals surface area contributed by atoms with Crippen LogP contribution in [0.4, 0.5) is 4.39 Å². The van der Waals surface area contributed by atoms with Gasteiger partial charge in [0.1, 0.15) is 18.2 Å². The molecule has 5 nitrogen and oxygen atoms in total. The van der Waals surface area contributed by atoms with Gasteiger partial charge in [0.15, 0.2) is 0 Å². The number of benzene rings is 2. The topological polar surface area (TPSA) is 42.0 Å². The Balaban J connectivity index is 1.87. The molecule has 2 aromatic carbocycles. The molecule has 2 atom stereocenters. The van der Waals surface area contributed by atoms with E-state index in [-0.39, 0.29) is 36.2 Å². The molecule has 1 amide bonds. The lowest BCUT2D eigenvalue weighted by atomic mass is 9.87. The standard InChI is InChI=1S/C25H33FN2O3/c1-18(2)28(25(29)17-30-3)15-20-14-27(13-19-9-5-7-11-23(19)26)16-22(20)21-10-6-8-12-24(21)31-4/h5-12,18,20,22H,13-17H2,1-4H3/t20-,22-/m1/s1. The lowest BCUT2D eigenvalue weighted by molar-refractivity contribution is -0.137. The molecule has 1 fully saturated rings. The van der Waals surface area contributed by atoms with Crippen LogP contribution in [0.5, 0.6) is 5.75 Å². The lowest BCUT2D eigenvalue weighted by Crippen LogP contribution is -2.43. The molecule has 3 rings (SSSR count). The lowest BCUT2D eigenvalue weighted by Gasteiger charge is -2.31. The van der Waals surface area contributed by atoms with E-state index < -0.39 is 0 Å². The van der Waals surface area contributed by atoms with E-state index in [2.05, 4.69) is 11.0 Å². The molecule has 0 bridgehead atoms. The highest BCUT2D eigenvalue weighted by Crippen LogP contribution is 2.38. The minimum atomic E-state index is -0.182. The fourth-order valence-electron chi connectivity index (χ4n) is 4.53. The predicted molar refractivity (Wildman–Crippen MR) is 120 cm³/mol. The highest BCUT2D eigenvalue weighted by Gasteiger charge is 2.37. The van der Waals surface area contributed by atoms with Crippen LogP contribution in [0.25, 0.3) is 0 Å². The molecule has 1 aliphatic heterocycles. The molecule has 0 spiro atoms. The number of carbonyl (C=O) groups is 1. The summed E-state index contributed by atoms with van der Waals surface area (Å²) in [5.41, 5.74) is 1.83. The molecule has 0 N–H and O–H groups in total. The molecule has 6 heteroatoms. The van der Waals surface area contributed by atoms with Crippen molar-refractivity contribution >= 4 is 5.91 Å². The Labute approximate surface area is 184 Å². The third-order valence-corrected chi connectivity index (χ3v) is 6.05. The van der Waals surface area contributed by atoms with Crippen LogP contribution in [0.1, 0.15) is 30.9 Å². The SMILES string of the molecule is COCC(=O)N(C[C@H]1CN(Cc2ccccc2F)C[C@H]1c1ccccc1OC)C(C)C. The summed E-state index contributed by atoms with van der Waals surface area (Å²) < 4.78 is 25.0. The summed E-state index contributed by atoms with van der Waals surface area (Å²) in [6.45, 7) is 6.85. The summed E-state index contributed by atoms with van der Waals surface area (Å²) in [5, 5.41) is 0. The normalized spacial score (nSPS) is 19.0. The van der Waals surface area contributed by atoms with E-state index in [1.807, 2.05) is 49.1 Å². The van der Waals surface area contributed by atoms with Crippen molar-refractivity contribution < 1.29 is 18.7 Å². The molecule has 1 heterocycles. The monoisotopic (exact) mass is 428 g/mol. The van der Waals surface area contributed by atoms with Crippen LogP contribution in [0.2, 0.25) is 0 Å². The third kappa shape index (κ3) is 5.63. The minimum Gasteiger partial charge on any atom is -0.496 e. The number of halogens is 1. The van der Waals surface area contributed by atoms with Crippen LogP contribution in [0.15, 0.2) is 48.5 Å². The first-order valence-electron chi connectivity index (χ1n) is 10.8. The second-order valence-corrected chi connectivity index (χ2v) is 8.47. The van der Waals surface area contributed by atoms with Gasteiger partial charge < -0.3 is 14.4 Å². The van der Waals surface area contributed by atoms with Gasteiger partial charge in [0.25, 0.3) is 0 Å². The molecular weight excluding hydrogens is 395 g/mol. The highest BCUT2D eigenvalue weighted by atomic mass is 19.1. The van der Waals surface area contributed by atoms with Crippen LogP contribution >= 0.6 is 0 Å². The van der Waals surface area contributed by atoms with Gasteiger partial charge in [-0.05, 0) is 37.5 Å². The molecule has 0 radical (unpaired) electrons. The number of para-hydroxylation sites is 1. The number of amides is 1. The van der Waals surface area contributed by atoms with Gasteiger partial charge >= 0.3 is 0 Å². The maximum atomic E-state index is 14.3. The first kappa shape index (κ1) is 23.2. The van der Waals surface area contributed by atoms with Crippen molar-refractivity contribution in [2.45, 2.75) is 32.4 Å². The highest BCUT2D eigenvalue weighted by molar-refractivity contribution is 5.77. The van der Waals surface area contributed by atoms with Crippen LogP contribution in [-0.2, 0) is 16.1 Å². The summed E-state index contributed by atoms with van der Waals surface area (Å²) in [7, 11) is 3.22. The fraction of sp³-hybridized carbons (Fsp3) is 0.480. The maximum Gasteiger partial charge on any atom is 0.248 e. The largest absolute Gasteiger partial charge is 0.496 e. The van der Waals surface area contributed by atoms with Crippen LogP contribution in [0.3, 0.4) is 0 Å². The Morgan fingerprint density at radius 2 is 1.84 bits per heavy atom. The Hall–Kier alpha value is -2.44. The van der Waals surface area contributed by atoms with E-state index in [4.69, 9.17) is 9.47 Å². The fourth-order valence-corrected chi connectivity index (χ4v) is 4.53. The number of rotatable bonds is 9. The first-order valence-corrected chi connectivity index (χ1v) is 10.8. The Bertz CT molecular complexity index is 873. The second kappa shape index (κ2) is 10.7. The Morgan fingerprint density at radius 1 is 1.13 bits per heavy atom. The van der Waals surface area contributed by atoms with Gasteiger partial charge in [0.05, 0.1) is 7.11 Å². The maximum absolute atomic E-state index is 14.3. The predicted octanol–water partition coefficient (Wildman–Crippen LogP) is 3.93. The average molecular weight is 429 g/mol. The van der Waals surface area contributed by atoms with E-state index in [0.29, 0.717) is 18.7 Å². The van der Waals surface area contributed by atoms with E-state index in [9.17, 15) is 9.18 Å². The molecule has 0 unspecified atom stereocenters. The van der Waals surface area contributed by atoms with Crippen LogP contribution < -0.4 is 4.74 Å². The van der Waals surface area contributed by atoms with Gasteiger partial charge in [0.2, 0.25) is 5.91 Å². The van der Waals surface area contributed by atoms with Crippen LogP contribution in [0, 0.1) is 11.7 Å². The molecule has 1 saturated heterocycles. The second-order valence-electron chi connectivity index (χ2n) is 8.47. The number of methoxy groups -OCH3 is 2. The Morgan fingerprint density at radius 3 is 2.52 bits per heavy atom. The average Bonchev–Trinajstić information content (AvgIpc) is 3.15. The van der Waals surface area contributed by atoms with Crippen molar-refractivity contribution in [2.75, 3.05) is 40.5 Å². The zero-order valence-electron chi connectivity index (χ0n) is 18.9. The van der Waals surface area contributed by atoms with E-state index in [1.54, 1.807) is 20.3 Å². The van der Waals surface area contributed by atoms with Gasteiger partial charge in [-0.1, -0.05) is 36.4 Å². The number of likely N-dealkylation sites (tertiary alicyclic amines) is 1. The molecule has 168 valence electrons. The molecule has 0 aromatic heterocycles. The molecule has 2 aromatic rings. The number of hydrogen-bond donors (Lipinski definition) is 0. The van der Waals surface area contributed by atoms with E-state index >= 15 is 0 Å². The number of carbonyl (C=O) groups excluding carboxylic acids is 1. The summed E-state index contributed by atoms with van der Waals surface area (Å²) in [5.74, 6) is 1.04. The van der Waals surface area contributed by atoms with E-state index in [0.717, 1.165) is 24.4 Å². The minimum absolute atomic E-state index is 0.0103.